The molecule has 0 radical (unpaired) electrons. The summed E-state index contributed by atoms with van der Waals surface area (Å²) >= 11 is 0. The fraction of sp³-hybridized carbons (Fsp3) is 0.467. The molecule has 0 aliphatic carbocycles. The molecular formula is C15H22N2O2. The van der Waals surface area contributed by atoms with Crippen LogP contribution in [-0.4, -0.2) is 17.4 Å². The second-order valence-corrected chi connectivity index (χ2v) is 6.15. The summed E-state index contributed by atoms with van der Waals surface area (Å²) in [6, 6.07) is 9.11. The predicted molar refractivity (Wildman–Crippen MR) is 76.7 cm³/mol. The average molecular weight is 262 g/mol. The fourth-order valence-corrected chi connectivity index (χ4v) is 1.41. The lowest BCUT2D eigenvalue weighted by Crippen LogP contribution is -2.51. The maximum atomic E-state index is 12.2. The summed E-state index contributed by atoms with van der Waals surface area (Å²) in [6.45, 7) is 8.89. The van der Waals surface area contributed by atoms with E-state index in [4.69, 9.17) is 0 Å². The van der Waals surface area contributed by atoms with E-state index in [2.05, 4.69) is 10.6 Å². The molecule has 0 aromatic heterocycles. The van der Waals surface area contributed by atoms with Gasteiger partial charge in [-0.1, -0.05) is 18.2 Å². The topological polar surface area (TPSA) is 58.2 Å². The first-order valence-electron chi connectivity index (χ1n) is 6.32. The molecule has 0 aliphatic heterocycles. The molecule has 0 aliphatic rings. The van der Waals surface area contributed by atoms with Gasteiger partial charge in [0.2, 0.25) is 11.8 Å². The second kappa shape index (κ2) is 5.43. The normalized spacial score (nSPS) is 11.8. The standard InChI is InChI=1S/C15H22N2O2/c1-14(2,3)17-13(19)15(4,5)12(18)16-11-9-7-6-8-10-11/h6-10H,1-5H3,(H,16,18)(H,17,19). The summed E-state index contributed by atoms with van der Waals surface area (Å²) < 4.78 is 0. The molecule has 0 fully saturated rings. The minimum Gasteiger partial charge on any atom is -0.351 e. The Bertz CT molecular complexity index is 459. The smallest absolute Gasteiger partial charge is 0.239 e. The number of rotatable bonds is 3. The number of amides is 2. The zero-order chi connectivity index (χ0) is 14.7. The maximum Gasteiger partial charge on any atom is 0.239 e. The van der Waals surface area contributed by atoms with E-state index in [9.17, 15) is 9.59 Å². The highest BCUT2D eigenvalue weighted by molar-refractivity contribution is 6.09. The third-order valence-corrected chi connectivity index (χ3v) is 2.66. The van der Waals surface area contributed by atoms with Gasteiger partial charge in [-0.15, -0.1) is 0 Å². The number of carbonyl (C=O) groups is 2. The third kappa shape index (κ3) is 4.39. The largest absolute Gasteiger partial charge is 0.351 e. The van der Waals surface area contributed by atoms with E-state index in [0.717, 1.165) is 0 Å². The van der Waals surface area contributed by atoms with E-state index in [1.54, 1.807) is 26.0 Å². The number of carbonyl (C=O) groups excluding carboxylic acids is 2. The molecule has 19 heavy (non-hydrogen) atoms. The van der Waals surface area contributed by atoms with Crippen LogP contribution in [0.1, 0.15) is 34.6 Å². The van der Waals surface area contributed by atoms with Crippen LogP contribution in [0.3, 0.4) is 0 Å². The van der Waals surface area contributed by atoms with Gasteiger partial charge in [-0.25, -0.2) is 0 Å². The number of anilines is 1. The molecule has 0 saturated carbocycles. The lowest BCUT2D eigenvalue weighted by Gasteiger charge is -2.28. The number of hydrogen-bond donors (Lipinski definition) is 2. The first-order valence-corrected chi connectivity index (χ1v) is 6.32. The highest BCUT2D eigenvalue weighted by atomic mass is 16.2. The number of benzene rings is 1. The van der Waals surface area contributed by atoms with Gasteiger partial charge in [0.05, 0.1) is 0 Å². The maximum absolute atomic E-state index is 12.2. The molecule has 1 aromatic rings. The van der Waals surface area contributed by atoms with Crippen molar-refractivity contribution in [3.63, 3.8) is 0 Å². The van der Waals surface area contributed by atoms with E-state index < -0.39 is 5.41 Å². The summed E-state index contributed by atoms with van der Waals surface area (Å²) in [5, 5.41) is 5.58. The van der Waals surface area contributed by atoms with Crippen molar-refractivity contribution in [2.45, 2.75) is 40.2 Å². The van der Waals surface area contributed by atoms with Gasteiger partial charge in [-0.3, -0.25) is 9.59 Å². The second-order valence-electron chi connectivity index (χ2n) is 6.15. The third-order valence-electron chi connectivity index (χ3n) is 2.66. The minimum absolute atomic E-state index is 0.284. The molecule has 0 heterocycles. The Labute approximate surface area is 114 Å². The molecule has 0 spiro atoms. The molecule has 4 heteroatoms. The quantitative estimate of drug-likeness (QED) is 0.822. The van der Waals surface area contributed by atoms with Crippen LogP contribution in [0.5, 0.6) is 0 Å². The van der Waals surface area contributed by atoms with Crippen LogP contribution in [0.15, 0.2) is 30.3 Å². The SMILES string of the molecule is CC(C)(C)NC(=O)C(C)(C)C(=O)Nc1ccccc1. The highest BCUT2D eigenvalue weighted by Crippen LogP contribution is 2.20. The molecule has 0 saturated heterocycles. The van der Waals surface area contributed by atoms with Crippen LogP contribution in [0.4, 0.5) is 5.69 Å². The van der Waals surface area contributed by atoms with E-state index in [1.165, 1.54) is 0 Å². The number of hydrogen-bond acceptors (Lipinski definition) is 2. The van der Waals surface area contributed by atoms with Crippen molar-refractivity contribution in [2.75, 3.05) is 5.32 Å². The highest BCUT2D eigenvalue weighted by Gasteiger charge is 2.37. The van der Waals surface area contributed by atoms with Crippen molar-refractivity contribution in [1.82, 2.24) is 5.32 Å². The van der Waals surface area contributed by atoms with Crippen LogP contribution >= 0.6 is 0 Å². The first kappa shape index (κ1) is 15.2. The van der Waals surface area contributed by atoms with Gasteiger partial charge in [0, 0.05) is 11.2 Å². The molecule has 104 valence electrons. The van der Waals surface area contributed by atoms with Crippen LogP contribution in [0.2, 0.25) is 0 Å². The Hall–Kier alpha value is -1.84. The fourth-order valence-electron chi connectivity index (χ4n) is 1.41. The monoisotopic (exact) mass is 262 g/mol. The lowest BCUT2D eigenvalue weighted by atomic mass is 9.89. The molecular weight excluding hydrogens is 240 g/mol. The van der Waals surface area contributed by atoms with Crippen LogP contribution < -0.4 is 10.6 Å². The molecule has 0 atom stereocenters. The Kier molecular flexibility index (Phi) is 4.35. The van der Waals surface area contributed by atoms with E-state index >= 15 is 0 Å². The van der Waals surface area contributed by atoms with Crippen molar-refractivity contribution in [3.05, 3.63) is 30.3 Å². The van der Waals surface area contributed by atoms with Crippen molar-refractivity contribution in [1.29, 1.82) is 0 Å². The van der Waals surface area contributed by atoms with E-state index in [-0.39, 0.29) is 17.4 Å². The Morgan fingerprint density at radius 1 is 0.895 bits per heavy atom. The van der Waals surface area contributed by atoms with E-state index in [1.807, 2.05) is 39.0 Å². The molecule has 2 amide bonds. The van der Waals surface area contributed by atoms with Crippen LogP contribution in [-0.2, 0) is 9.59 Å². The summed E-state index contributed by atoms with van der Waals surface area (Å²) in [4.78, 5) is 24.3. The molecule has 0 bridgehead atoms. The molecule has 1 aromatic carbocycles. The average Bonchev–Trinajstić information content (AvgIpc) is 2.27. The molecule has 2 N–H and O–H groups in total. The summed E-state index contributed by atoms with van der Waals surface area (Å²) in [6.07, 6.45) is 0. The Morgan fingerprint density at radius 3 is 1.89 bits per heavy atom. The van der Waals surface area contributed by atoms with Crippen molar-refractivity contribution in [2.24, 2.45) is 5.41 Å². The van der Waals surface area contributed by atoms with Crippen LogP contribution in [0, 0.1) is 5.41 Å². The Balaban J connectivity index is 2.77. The zero-order valence-electron chi connectivity index (χ0n) is 12.2. The van der Waals surface area contributed by atoms with Crippen molar-refractivity contribution in [3.8, 4) is 0 Å². The van der Waals surface area contributed by atoms with Gasteiger partial charge in [-0.2, -0.15) is 0 Å². The summed E-state index contributed by atoms with van der Waals surface area (Å²) in [5.74, 6) is -0.603. The van der Waals surface area contributed by atoms with Crippen molar-refractivity contribution < 1.29 is 9.59 Å². The van der Waals surface area contributed by atoms with Gasteiger partial charge in [-0.05, 0) is 46.8 Å². The van der Waals surface area contributed by atoms with Gasteiger partial charge < -0.3 is 10.6 Å². The summed E-state index contributed by atoms with van der Waals surface area (Å²) in [7, 11) is 0. The Morgan fingerprint density at radius 2 is 1.42 bits per heavy atom. The zero-order valence-corrected chi connectivity index (χ0v) is 12.2. The predicted octanol–water partition coefficient (Wildman–Crippen LogP) is 2.57. The van der Waals surface area contributed by atoms with E-state index in [0.29, 0.717) is 5.69 Å². The lowest BCUT2D eigenvalue weighted by molar-refractivity contribution is -0.139. The minimum atomic E-state index is -1.12. The van der Waals surface area contributed by atoms with Crippen molar-refractivity contribution >= 4 is 17.5 Å². The summed E-state index contributed by atoms with van der Waals surface area (Å²) in [5.41, 5.74) is -0.797. The molecule has 1 rings (SSSR count). The van der Waals surface area contributed by atoms with Gasteiger partial charge >= 0.3 is 0 Å². The molecule has 4 nitrogen and oxygen atoms in total. The van der Waals surface area contributed by atoms with Gasteiger partial charge in [0.25, 0.3) is 0 Å². The van der Waals surface area contributed by atoms with Gasteiger partial charge in [0.1, 0.15) is 5.41 Å². The number of para-hydroxylation sites is 1. The molecule has 0 unspecified atom stereocenters. The first-order chi connectivity index (χ1) is 8.63. The van der Waals surface area contributed by atoms with Gasteiger partial charge in [0.15, 0.2) is 0 Å². The van der Waals surface area contributed by atoms with Crippen LogP contribution in [0.25, 0.3) is 0 Å². The number of nitrogens with one attached hydrogen (secondary N) is 2.